The van der Waals surface area contributed by atoms with E-state index in [1.54, 1.807) is 0 Å². The first-order valence-corrected chi connectivity index (χ1v) is 4.82. The molecule has 0 aliphatic carbocycles. The van der Waals surface area contributed by atoms with Gasteiger partial charge in [-0.1, -0.05) is 0 Å². The molecule has 0 saturated heterocycles. The predicted molar refractivity (Wildman–Crippen MR) is 57.5 cm³/mol. The maximum Gasteiger partial charge on any atom is 0.338 e. The molecular weight excluding hydrogens is 282 g/mol. The van der Waals surface area contributed by atoms with Gasteiger partial charge in [0.05, 0.1) is 22.1 Å². The summed E-state index contributed by atoms with van der Waals surface area (Å²) in [5.41, 5.74) is -0.400. The van der Waals surface area contributed by atoms with Crippen LogP contribution >= 0.6 is 15.9 Å². The molecule has 0 unspecified atom stereocenters. The lowest BCUT2D eigenvalue weighted by Crippen LogP contribution is -2.06. The summed E-state index contributed by atoms with van der Waals surface area (Å²) in [7, 11) is 1.13. The second kappa shape index (κ2) is 4.84. The van der Waals surface area contributed by atoms with Crippen molar-refractivity contribution in [2.75, 3.05) is 7.11 Å². The van der Waals surface area contributed by atoms with Gasteiger partial charge in [-0.05, 0) is 22.0 Å². The SMILES string of the molecule is COC(=O)c1cc([N+](=O)[O-])c(Br)cc1C=O. The van der Waals surface area contributed by atoms with Crippen molar-refractivity contribution in [3.63, 3.8) is 0 Å². The summed E-state index contributed by atoms with van der Waals surface area (Å²) >= 11 is 2.94. The van der Waals surface area contributed by atoms with Gasteiger partial charge in [0.1, 0.15) is 0 Å². The third kappa shape index (κ3) is 2.25. The number of carbonyl (C=O) groups excluding carboxylic acids is 2. The van der Waals surface area contributed by atoms with E-state index in [9.17, 15) is 19.7 Å². The highest BCUT2D eigenvalue weighted by atomic mass is 79.9. The minimum atomic E-state index is -0.794. The van der Waals surface area contributed by atoms with Gasteiger partial charge in [-0.2, -0.15) is 0 Å². The Hall–Kier alpha value is -1.76. The first kappa shape index (κ1) is 12.3. The number of nitrogens with zero attached hydrogens (tertiary/aromatic N) is 1. The van der Waals surface area contributed by atoms with Crippen LogP contribution in [0.15, 0.2) is 16.6 Å². The fraction of sp³-hybridized carbons (Fsp3) is 0.111. The van der Waals surface area contributed by atoms with Crippen LogP contribution in [0.4, 0.5) is 5.69 Å². The molecule has 84 valence electrons. The summed E-state index contributed by atoms with van der Waals surface area (Å²) in [5, 5.41) is 10.6. The molecule has 0 fully saturated rings. The van der Waals surface area contributed by atoms with Crippen molar-refractivity contribution < 1.29 is 19.2 Å². The van der Waals surface area contributed by atoms with E-state index < -0.39 is 10.9 Å². The highest BCUT2D eigenvalue weighted by molar-refractivity contribution is 9.10. The molecular formula is C9H6BrNO5. The lowest BCUT2D eigenvalue weighted by atomic mass is 10.1. The Morgan fingerprint density at radius 1 is 1.56 bits per heavy atom. The normalized spacial score (nSPS) is 9.62. The van der Waals surface area contributed by atoms with Crippen LogP contribution in [0, 0.1) is 10.1 Å². The zero-order valence-electron chi connectivity index (χ0n) is 8.10. The summed E-state index contributed by atoms with van der Waals surface area (Å²) < 4.78 is 4.55. The van der Waals surface area contributed by atoms with Crippen molar-refractivity contribution in [1.82, 2.24) is 0 Å². The Kier molecular flexibility index (Phi) is 3.73. The van der Waals surface area contributed by atoms with Crippen molar-refractivity contribution in [1.29, 1.82) is 0 Å². The van der Waals surface area contributed by atoms with Crippen LogP contribution in [0.2, 0.25) is 0 Å². The van der Waals surface area contributed by atoms with Crippen molar-refractivity contribution >= 4 is 33.9 Å². The maximum absolute atomic E-state index is 11.3. The monoisotopic (exact) mass is 287 g/mol. The quantitative estimate of drug-likeness (QED) is 0.367. The third-order valence-electron chi connectivity index (χ3n) is 1.85. The molecule has 0 amide bonds. The first-order valence-electron chi connectivity index (χ1n) is 4.02. The Morgan fingerprint density at radius 2 is 2.19 bits per heavy atom. The van der Waals surface area contributed by atoms with E-state index in [0.29, 0.717) is 6.29 Å². The molecule has 7 heteroatoms. The summed E-state index contributed by atoms with van der Waals surface area (Å²) in [4.78, 5) is 31.9. The second-order valence-corrected chi connectivity index (χ2v) is 3.61. The van der Waals surface area contributed by atoms with Crippen LogP contribution in [-0.4, -0.2) is 24.3 Å². The molecule has 0 aliphatic rings. The number of aldehydes is 1. The van der Waals surface area contributed by atoms with Gasteiger partial charge in [0.2, 0.25) is 0 Å². The average molecular weight is 288 g/mol. The van der Waals surface area contributed by atoms with Crippen molar-refractivity contribution in [3.05, 3.63) is 37.8 Å². The van der Waals surface area contributed by atoms with Gasteiger partial charge in [-0.15, -0.1) is 0 Å². The van der Waals surface area contributed by atoms with Crippen molar-refractivity contribution in [2.45, 2.75) is 0 Å². The number of rotatable bonds is 3. The number of nitro benzene ring substituents is 1. The van der Waals surface area contributed by atoms with Crippen LogP contribution in [0.25, 0.3) is 0 Å². The summed E-state index contributed by atoms with van der Waals surface area (Å²) in [5.74, 6) is -0.794. The number of benzene rings is 1. The molecule has 0 bridgehead atoms. The number of nitro groups is 1. The number of hydrogen-bond acceptors (Lipinski definition) is 5. The number of methoxy groups -OCH3 is 1. The van der Waals surface area contributed by atoms with Gasteiger partial charge >= 0.3 is 5.97 Å². The molecule has 0 N–H and O–H groups in total. The number of esters is 1. The van der Waals surface area contributed by atoms with Crippen LogP contribution in [-0.2, 0) is 4.74 Å². The fourth-order valence-electron chi connectivity index (χ4n) is 1.10. The molecule has 0 spiro atoms. The van der Waals surface area contributed by atoms with E-state index in [1.165, 1.54) is 6.07 Å². The van der Waals surface area contributed by atoms with E-state index >= 15 is 0 Å². The zero-order chi connectivity index (χ0) is 12.3. The zero-order valence-corrected chi connectivity index (χ0v) is 9.68. The average Bonchev–Trinajstić information content (AvgIpc) is 2.27. The van der Waals surface area contributed by atoms with Gasteiger partial charge in [0, 0.05) is 11.6 Å². The molecule has 0 heterocycles. The van der Waals surface area contributed by atoms with Gasteiger partial charge in [0.15, 0.2) is 6.29 Å². The molecule has 1 aromatic carbocycles. The molecule has 0 aliphatic heterocycles. The minimum Gasteiger partial charge on any atom is -0.465 e. The lowest BCUT2D eigenvalue weighted by Gasteiger charge is -2.03. The van der Waals surface area contributed by atoms with Crippen molar-refractivity contribution in [2.24, 2.45) is 0 Å². The summed E-state index contributed by atoms with van der Waals surface area (Å²) in [6, 6.07) is 2.21. The first-order chi connectivity index (χ1) is 7.51. The van der Waals surface area contributed by atoms with Crippen LogP contribution in [0.3, 0.4) is 0 Å². The lowest BCUT2D eigenvalue weighted by molar-refractivity contribution is -0.385. The molecule has 6 nitrogen and oxygen atoms in total. The smallest absolute Gasteiger partial charge is 0.338 e. The van der Waals surface area contributed by atoms with E-state index in [2.05, 4.69) is 20.7 Å². The molecule has 0 saturated carbocycles. The Balaban J connectivity index is 3.46. The number of hydrogen-bond donors (Lipinski definition) is 0. The highest BCUT2D eigenvalue weighted by Crippen LogP contribution is 2.28. The molecule has 0 atom stereocenters. The number of carbonyl (C=O) groups is 2. The largest absolute Gasteiger partial charge is 0.465 e. The number of halogens is 1. The standard InChI is InChI=1S/C9H6BrNO5/c1-16-9(13)6-3-8(11(14)15)7(10)2-5(6)4-12/h2-4H,1H3. The highest BCUT2D eigenvalue weighted by Gasteiger charge is 2.20. The van der Waals surface area contributed by atoms with E-state index in [1.807, 2.05) is 0 Å². The molecule has 0 radical (unpaired) electrons. The topological polar surface area (TPSA) is 86.5 Å². The summed E-state index contributed by atoms with van der Waals surface area (Å²) in [6.07, 6.45) is 0.431. The van der Waals surface area contributed by atoms with Gasteiger partial charge in [0.25, 0.3) is 5.69 Å². The van der Waals surface area contributed by atoms with Crippen LogP contribution in [0.5, 0.6) is 0 Å². The van der Waals surface area contributed by atoms with E-state index in [4.69, 9.17) is 0 Å². The number of ether oxygens (including phenoxy) is 1. The Morgan fingerprint density at radius 3 is 2.62 bits per heavy atom. The predicted octanol–water partition coefficient (Wildman–Crippen LogP) is 1.96. The third-order valence-corrected chi connectivity index (χ3v) is 2.48. The summed E-state index contributed by atoms with van der Waals surface area (Å²) in [6.45, 7) is 0. The Bertz CT molecular complexity index is 471. The molecule has 1 rings (SSSR count). The molecule has 1 aromatic rings. The van der Waals surface area contributed by atoms with Crippen LogP contribution < -0.4 is 0 Å². The second-order valence-electron chi connectivity index (χ2n) is 2.76. The Labute approximate surface area is 98.5 Å². The fourth-order valence-corrected chi connectivity index (χ4v) is 1.61. The van der Waals surface area contributed by atoms with Gasteiger partial charge in [-0.3, -0.25) is 14.9 Å². The molecule has 0 aromatic heterocycles. The van der Waals surface area contributed by atoms with E-state index in [0.717, 1.165) is 13.2 Å². The van der Waals surface area contributed by atoms with E-state index in [-0.39, 0.29) is 21.3 Å². The van der Waals surface area contributed by atoms with Gasteiger partial charge < -0.3 is 4.74 Å². The van der Waals surface area contributed by atoms with Gasteiger partial charge in [-0.25, -0.2) is 4.79 Å². The maximum atomic E-state index is 11.3. The van der Waals surface area contributed by atoms with Crippen LogP contribution in [0.1, 0.15) is 20.7 Å². The molecule has 16 heavy (non-hydrogen) atoms. The minimum absolute atomic E-state index is 0.0318. The van der Waals surface area contributed by atoms with Crippen molar-refractivity contribution in [3.8, 4) is 0 Å².